The summed E-state index contributed by atoms with van der Waals surface area (Å²) in [5.41, 5.74) is 0.931. The van der Waals surface area contributed by atoms with Crippen LogP contribution < -0.4 is 9.80 Å². The maximum atomic E-state index is 5.01. The second kappa shape index (κ2) is 8.58. The van der Waals surface area contributed by atoms with Crippen LogP contribution in [-0.4, -0.2) is 95.0 Å². The van der Waals surface area contributed by atoms with Gasteiger partial charge in [0.05, 0.1) is 11.6 Å². The van der Waals surface area contributed by atoms with E-state index in [0.29, 0.717) is 0 Å². The largest absolute Gasteiger partial charge is 0.353 e. The van der Waals surface area contributed by atoms with E-state index in [1.165, 1.54) is 0 Å². The summed E-state index contributed by atoms with van der Waals surface area (Å²) in [6.45, 7) is 15.0. The van der Waals surface area contributed by atoms with Gasteiger partial charge in [-0.05, 0) is 13.1 Å². The van der Waals surface area contributed by atoms with Crippen molar-refractivity contribution in [1.29, 1.82) is 0 Å². The summed E-state index contributed by atoms with van der Waals surface area (Å²) in [4.78, 5) is 19.6. The van der Waals surface area contributed by atoms with E-state index >= 15 is 0 Å². The smallest absolute Gasteiger partial charge is 0.229 e. The first kappa shape index (κ1) is 20.1. The molecule has 2 aromatic heterocycles. The van der Waals surface area contributed by atoms with Crippen LogP contribution in [0.5, 0.6) is 0 Å². The van der Waals surface area contributed by atoms with Gasteiger partial charge in [0.2, 0.25) is 5.95 Å². The minimum Gasteiger partial charge on any atom is -0.353 e. The molecule has 27 heavy (non-hydrogen) atoms. The van der Waals surface area contributed by atoms with Crippen LogP contribution in [0.2, 0.25) is 0 Å². The van der Waals surface area contributed by atoms with Crippen LogP contribution in [0, 0.1) is 0 Å². The molecule has 0 N–H and O–H groups in total. The van der Waals surface area contributed by atoms with Crippen molar-refractivity contribution in [2.24, 2.45) is 7.05 Å². The summed E-state index contributed by atoms with van der Waals surface area (Å²) in [6.07, 6.45) is 1.91. The van der Waals surface area contributed by atoms with Gasteiger partial charge in [-0.3, -0.25) is 4.68 Å². The number of aromatic nitrogens is 4. The lowest BCUT2D eigenvalue weighted by molar-refractivity contribution is 0.269. The standard InChI is InChI=1S/C18H30N8.ClH/c1-4-23-6-10-25(11-7-23)17-15-14-19-22(3)16(15)20-18(21-17)26-12-8-24(5-2)9-13-26;/h14H,4-13H2,1-3H3;1H. The second-order valence-electron chi connectivity index (χ2n) is 7.20. The molecule has 0 spiro atoms. The van der Waals surface area contributed by atoms with Crippen molar-refractivity contribution in [1.82, 2.24) is 29.5 Å². The van der Waals surface area contributed by atoms with E-state index in [1.54, 1.807) is 0 Å². The molecule has 2 aliphatic rings. The van der Waals surface area contributed by atoms with Gasteiger partial charge in [0.25, 0.3) is 0 Å². The van der Waals surface area contributed by atoms with Gasteiger partial charge in [-0.25, -0.2) is 0 Å². The average Bonchev–Trinajstić information content (AvgIpc) is 3.08. The van der Waals surface area contributed by atoms with Crippen LogP contribution in [-0.2, 0) is 7.05 Å². The Labute approximate surface area is 167 Å². The number of fused-ring (bicyclic) bond motifs is 1. The van der Waals surface area contributed by atoms with Crippen molar-refractivity contribution in [3.8, 4) is 0 Å². The lowest BCUT2D eigenvalue weighted by atomic mass is 10.2. The third kappa shape index (κ3) is 3.97. The van der Waals surface area contributed by atoms with Crippen LogP contribution in [0.4, 0.5) is 11.8 Å². The maximum Gasteiger partial charge on any atom is 0.229 e. The zero-order chi connectivity index (χ0) is 18.1. The lowest BCUT2D eigenvalue weighted by Gasteiger charge is -2.36. The Hall–Kier alpha value is -1.64. The van der Waals surface area contributed by atoms with Gasteiger partial charge in [-0.15, -0.1) is 12.4 Å². The van der Waals surface area contributed by atoms with Crippen molar-refractivity contribution in [3.05, 3.63) is 6.20 Å². The highest BCUT2D eigenvalue weighted by Crippen LogP contribution is 2.27. The minimum atomic E-state index is 0. The van der Waals surface area contributed by atoms with Crippen LogP contribution in [0.15, 0.2) is 6.20 Å². The molecule has 0 unspecified atom stereocenters. The lowest BCUT2D eigenvalue weighted by Crippen LogP contribution is -2.48. The van der Waals surface area contributed by atoms with Gasteiger partial charge in [0, 0.05) is 59.4 Å². The average molecular weight is 395 g/mol. The Balaban J connectivity index is 0.00000210. The van der Waals surface area contributed by atoms with E-state index in [4.69, 9.17) is 9.97 Å². The first-order valence-electron chi connectivity index (χ1n) is 9.84. The molecule has 2 aromatic rings. The Morgan fingerprint density at radius 1 is 0.815 bits per heavy atom. The van der Waals surface area contributed by atoms with Crippen LogP contribution >= 0.6 is 12.4 Å². The van der Waals surface area contributed by atoms with Crippen molar-refractivity contribution in [3.63, 3.8) is 0 Å². The highest BCUT2D eigenvalue weighted by Gasteiger charge is 2.24. The zero-order valence-electron chi connectivity index (χ0n) is 16.6. The summed E-state index contributed by atoms with van der Waals surface area (Å²) in [6, 6.07) is 0. The quantitative estimate of drug-likeness (QED) is 0.768. The number of aryl methyl sites for hydroxylation is 1. The van der Waals surface area contributed by atoms with E-state index in [2.05, 4.69) is 38.5 Å². The Kier molecular flexibility index (Phi) is 6.39. The second-order valence-corrected chi connectivity index (χ2v) is 7.20. The molecule has 0 atom stereocenters. The molecule has 0 aliphatic carbocycles. The number of rotatable bonds is 4. The molecule has 2 aliphatic heterocycles. The van der Waals surface area contributed by atoms with Crippen molar-refractivity contribution >= 4 is 35.2 Å². The normalized spacial score (nSPS) is 19.5. The molecule has 4 heterocycles. The number of anilines is 2. The summed E-state index contributed by atoms with van der Waals surface area (Å²) < 4.78 is 1.87. The molecular weight excluding hydrogens is 364 g/mol. The Bertz CT molecular complexity index is 747. The monoisotopic (exact) mass is 394 g/mol. The molecule has 0 amide bonds. The van der Waals surface area contributed by atoms with Crippen LogP contribution in [0.3, 0.4) is 0 Å². The fourth-order valence-electron chi connectivity index (χ4n) is 3.92. The molecule has 0 aromatic carbocycles. The molecule has 2 fully saturated rings. The molecule has 0 saturated carbocycles. The van der Waals surface area contributed by atoms with Crippen molar-refractivity contribution < 1.29 is 0 Å². The molecule has 9 heteroatoms. The fourth-order valence-corrected chi connectivity index (χ4v) is 3.92. The minimum absolute atomic E-state index is 0. The SMILES string of the molecule is CCN1CCN(c2nc(N3CCN(CC)CC3)c3cnn(C)c3n2)CC1.Cl. The number of hydrogen-bond acceptors (Lipinski definition) is 7. The van der Waals surface area contributed by atoms with E-state index in [-0.39, 0.29) is 12.4 Å². The molecule has 8 nitrogen and oxygen atoms in total. The van der Waals surface area contributed by atoms with Gasteiger partial charge in [0.15, 0.2) is 5.65 Å². The number of hydrogen-bond donors (Lipinski definition) is 0. The maximum absolute atomic E-state index is 5.01. The van der Waals surface area contributed by atoms with Crippen LogP contribution in [0.1, 0.15) is 13.8 Å². The third-order valence-electron chi connectivity index (χ3n) is 5.78. The first-order chi connectivity index (χ1) is 12.7. The predicted molar refractivity (Wildman–Crippen MR) is 112 cm³/mol. The first-order valence-corrected chi connectivity index (χ1v) is 9.84. The number of piperazine rings is 2. The fraction of sp³-hybridized carbons (Fsp3) is 0.722. The molecule has 0 radical (unpaired) electrons. The summed E-state index contributed by atoms with van der Waals surface area (Å²) in [5.74, 6) is 1.90. The third-order valence-corrected chi connectivity index (χ3v) is 5.78. The van der Waals surface area contributed by atoms with Gasteiger partial charge < -0.3 is 19.6 Å². The zero-order valence-corrected chi connectivity index (χ0v) is 17.5. The molecular formula is C18H31ClN8. The van der Waals surface area contributed by atoms with Gasteiger partial charge in [0.1, 0.15) is 5.82 Å². The van der Waals surface area contributed by atoms with Gasteiger partial charge in [-0.1, -0.05) is 13.8 Å². The highest BCUT2D eigenvalue weighted by atomic mass is 35.5. The van der Waals surface area contributed by atoms with Gasteiger partial charge in [-0.2, -0.15) is 15.1 Å². The summed E-state index contributed by atoms with van der Waals surface area (Å²) >= 11 is 0. The number of halogens is 1. The Morgan fingerprint density at radius 3 is 1.93 bits per heavy atom. The topological polar surface area (TPSA) is 56.6 Å². The van der Waals surface area contributed by atoms with Crippen LogP contribution in [0.25, 0.3) is 11.0 Å². The Morgan fingerprint density at radius 2 is 1.37 bits per heavy atom. The molecule has 0 bridgehead atoms. The number of nitrogens with zero attached hydrogens (tertiary/aromatic N) is 8. The molecule has 4 rings (SSSR count). The van der Waals surface area contributed by atoms with E-state index in [9.17, 15) is 0 Å². The number of likely N-dealkylation sites (N-methyl/N-ethyl adjacent to an activating group) is 2. The van der Waals surface area contributed by atoms with E-state index < -0.39 is 0 Å². The van der Waals surface area contributed by atoms with Crippen molar-refractivity contribution in [2.75, 3.05) is 75.2 Å². The predicted octanol–water partition coefficient (Wildman–Crippen LogP) is 1.07. The van der Waals surface area contributed by atoms with Gasteiger partial charge >= 0.3 is 0 Å². The summed E-state index contributed by atoms with van der Waals surface area (Å²) in [7, 11) is 1.97. The van der Waals surface area contributed by atoms with Crippen molar-refractivity contribution in [2.45, 2.75) is 13.8 Å². The van der Waals surface area contributed by atoms with E-state index in [0.717, 1.165) is 88.2 Å². The highest BCUT2D eigenvalue weighted by molar-refractivity contribution is 5.88. The molecule has 2 saturated heterocycles. The summed E-state index contributed by atoms with van der Waals surface area (Å²) in [5, 5.41) is 5.51. The molecule has 150 valence electrons. The van der Waals surface area contributed by atoms with E-state index in [1.807, 2.05) is 17.9 Å².